The Morgan fingerprint density at radius 1 is 1.41 bits per heavy atom. The van der Waals surface area contributed by atoms with Crippen LogP contribution in [-0.2, 0) is 17.1 Å². The fraction of sp³-hybridized carbons (Fsp3) is 0.250. The number of rotatable bonds is 5. The van der Waals surface area contributed by atoms with Gasteiger partial charge in [0.2, 0.25) is 0 Å². The van der Waals surface area contributed by atoms with Crippen molar-refractivity contribution in [3.05, 3.63) is 45.4 Å². The monoisotopic (exact) mass is 285 g/mol. The lowest BCUT2D eigenvalue weighted by atomic mass is 10.4. The van der Waals surface area contributed by atoms with Crippen molar-refractivity contribution in [2.75, 3.05) is 7.11 Å². The zero-order valence-corrected chi connectivity index (χ0v) is 11.7. The summed E-state index contributed by atoms with van der Waals surface area (Å²) < 4.78 is 5.04. The molecule has 0 fully saturated rings. The minimum atomic E-state index is 0.577. The minimum Gasteiger partial charge on any atom is -0.378 e. The molecule has 17 heavy (non-hydrogen) atoms. The summed E-state index contributed by atoms with van der Waals surface area (Å²) in [4.78, 5) is 5.57. The van der Waals surface area contributed by atoms with E-state index in [1.54, 1.807) is 30.2 Å². The highest BCUT2D eigenvalue weighted by atomic mass is 35.5. The molecule has 1 aromatic heterocycles. The average molecular weight is 286 g/mol. The second-order valence-electron chi connectivity index (χ2n) is 3.38. The van der Waals surface area contributed by atoms with Crippen molar-refractivity contribution in [2.24, 2.45) is 0 Å². The maximum atomic E-state index is 6.09. The molecule has 0 aliphatic carbocycles. The van der Waals surface area contributed by atoms with Crippen LogP contribution in [0.15, 0.2) is 34.5 Å². The molecule has 0 N–H and O–H groups in total. The molecule has 2 rings (SSSR count). The van der Waals surface area contributed by atoms with Crippen LogP contribution in [-0.4, -0.2) is 12.1 Å². The second kappa shape index (κ2) is 6.40. The highest BCUT2D eigenvalue weighted by Crippen LogP contribution is 2.30. The molecule has 0 radical (unpaired) electrons. The molecular weight excluding hydrogens is 274 g/mol. The number of thioether (sulfide) groups is 1. The Kier molecular flexibility index (Phi) is 4.86. The van der Waals surface area contributed by atoms with Crippen molar-refractivity contribution in [3.63, 3.8) is 0 Å². The molecule has 0 spiro atoms. The third kappa shape index (κ3) is 3.71. The van der Waals surface area contributed by atoms with Gasteiger partial charge in [-0.2, -0.15) is 0 Å². The van der Waals surface area contributed by atoms with Crippen LogP contribution in [0.4, 0.5) is 0 Å². The molecule has 0 amide bonds. The first kappa shape index (κ1) is 12.9. The van der Waals surface area contributed by atoms with Crippen LogP contribution in [0.3, 0.4) is 0 Å². The normalized spacial score (nSPS) is 10.7. The Balaban J connectivity index is 1.95. The summed E-state index contributed by atoms with van der Waals surface area (Å²) in [5.41, 5.74) is 0.993. The van der Waals surface area contributed by atoms with Gasteiger partial charge in [0, 0.05) is 17.4 Å². The van der Waals surface area contributed by atoms with E-state index in [1.165, 1.54) is 0 Å². The fourth-order valence-electron chi connectivity index (χ4n) is 1.33. The highest BCUT2D eigenvalue weighted by molar-refractivity contribution is 7.98. The first-order chi connectivity index (χ1) is 8.29. The Bertz CT molecular complexity index is 487. The van der Waals surface area contributed by atoms with Gasteiger partial charge in [0.1, 0.15) is 5.01 Å². The van der Waals surface area contributed by atoms with Gasteiger partial charge in [0.25, 0.3) is 0 Å². The number of thiazole rings is 1. The molecule has 0 aliphatic rings. The highest BCUT2D eigenvalue weighted by Gasteiger charge is 2.04. The van der Waals surface area contributed by atoms with E-state index in [-0.39, 0.29) is 0 Å². The lowest BCUT2D eigenvalue weighted by Crippen LogP contribution is -1.88. The van der Waals surface area contributed by atoms with Crippen molar-refractivity contribution >= 4 is 34.7 Å². The molecule has 0 unspecified atom stereocenters. The van der Waals surface area contributed by atoms with E-state index in [4.69, 9.17) is 16.3 Å². The molecule has 0 aliphatic heterocycles. The molecule has 0 atom stereocenters. The number of ether oxygens (including phenoxy) is 1. The van der Waals surface area contributed by atoms with Gasteiger partial charge in [-0.25, -0.2) is 4.98 Å². The first-order valence-corrected chi connectivity index (χ1v) is 7.33. The number of halogens is 1. The largest absolute Gasteiger partial charge is 0.378 e. The number of methoxy groups -OCH3 is 1. The van der Waals surface area contributed by atoms with Crippen molar-refractivity contribution in [2.45, 2.75) is 17.3 Å². The van der Waals surface area contributed by atoms with Gasteiger partial charge in [0.15, 0.2) is 0 Å². The quantitative estimate of drug-likeness (QED) is 0.767. The summed E-state index contributed by atoms with van der Waals surface area (Å²) in [5.74, 6) is 0.845. The van der Waals surface area contributed by atoms with Gasteiger partial charge in [-0.3, -0.25) is 0 Å². The van der Waals surface area contributed by atoms with E-state index in [0.29, 0.717) is 6.61 Å². The summed E-state index contributed by atoms with van der Waals surface area (Å²) in [5, 5.41) is 3.93. The van der Waals surface area contributed by atoms with Gasteiger partial charge in [-0.05, 0) is 12.1 Å². The molecule has 0 bridgehead atoms. The number of benzene rings is 1. The van der Waals surface area contributed by atoms with Gasteiger partial charge in [-0.15, -0.1) is 23.1 Å². The number of aromatic nitrogens is 1. The molecule has 0 saturated heterocycles. The minimum absolute atomic E-state index is 0.577. The third-order valence-electron chi connectivity index (χ3n) is 2.08. The van der Waals surface area contributed by atoms with Crippen LogP contribution in [0.2, 0.25) is 5.02 Å². The summed E-state index contributed by atoms with van der Waals surface area (Å²) >= 11 is 9.45. The van der Waals surface area contributed by atoms with Crippen molar-refractivity contribution in [3.8, 4) is 0 Å². The van der Waals surface area contributed by atoms with Crippen LogP contribution < -0.4 is 0 Å². The second-order valence-corrected chi connectivity index (χ2v) is 5.75. The van der Waals surface area contributed by atoms with Crippen molar-refractivity contribution in [1.82, 2.24) is 4.98 Å². The number of hydrogen-bond donors (Lipinski definition) is 0. The maximum absolute atomic E-state index is 6.09. The predicted octanol–water partition coefficient (Wildman–Crippen LogP) is 4.24. The van der Waals surface area contributed by atoms with Crippen LogP contribution in [0.25, 0.3) is 0 Å². The Morgan fingerprint density at radius 3 is 3.00 bits per heavy atom. The predicted molar refractivity (Wildman–Crippen MR) is 73.8 cm³/mol. The molecule has 90 valence electrons. The Hall–Kier alpha value is -0.550. The SMILES string of the molecule is COCc1csc(CSc2ccccc2Cl)n1. The average Bonchev–Trinajstić information content (AvgIpc) is 2.76. The maximum Gasteiger partial charge on any atom is 0.103 e. The third-order valence-corrected chi connectivity index (χ3v) is 4.69. The van der Waals surface area contributed by atoms with E-state index in [0.717, 1.165) is 26.4 Å². The van der Waals surface area contributed by atoms with Gasteiger partial charge in [0.05, 0.1) is 23.1 Å². The topological polar surface area (TPSA) is 22.1 Å². The molecule has 1 heterocycles. The van der Waals surface area contributed by atoms with Gasteiger partial charge >= 0.3 is 0 Å². The lowest BCUT2D eigenvalue weighted by Gasteiger charge is -2.01. The summed E-state index contributed by atoms with van der Waals surface area (Å²) in [6, 6.07) is 7.86. The zero-order valence-electron chi connectivity index (χ0n) is 9.35. The van der Waals surface area contributed by atoms with E-state index in [2.05, 4.69) is 4.98 Å². The number of hydrogen-bond acceptors (Lipinski definition) is 4. The number of nitrogens with zero attached hydrogens (tertiary/aromatic N) is 1. The Labute approximate surface area is 114 Å². The van der Waals surface area contributed by atoms with E-state index in [1.807, 2.05) is 29.6 Å². The van der Waals surface area contributed by atoms with Crippen molar-refractivity contribution in [1.29, 1.82) is 0 Å². The fourth-order valence-corrected chi connectivity index (χ4v) is 3.37. The molecular formula is C12H12ClNOS2. The van der Waals surface area contributed by atoms with Crippen LogP contribution in [0.5, 0.6) is 0 Å². The van der Waals surface area contributed by atoms with Crippen LogP contribution in [0, 0.1) is 0 Å². The van der Waals surface area contributed by atoms with E-state index in [9.17, 15) is 0 Å². The van der Waals surface area contributed by atoms with Gasteiger partial charge in [-0.1, -0.05) is 23.7 Å². The lowest BCUT2D eigenvalue weighted by molar-refractivity contribution is 0.182. The molecule has 1 aromatic carbocycles. The smallest absolute Gasteiger partial charge is 0.103 e. The molecule has 0 saturated carbocycles. The van der Waals surface area contributed by atoms with E-state index >= 15 is 0 Å². The molecule has 5 heteroatoms. The summed E-state index contributed by atoms with van der Waals surface area (Å²) in [7, 11) is 1.68. The first-order valence-electron chi connectivity index (χ1n) is 5.09. The standard InChI is InChI=1S/C12H12ClNOS2/c1-15-6-9-7-17-12(14-9)8-16-11-5-3-2-4-10(11)13/h2-5,7H,6,8H2,1H3. The molecule has 2 aromatic rings. The summed E-state index contributed by atoms with van der Waals surface area (Å²) in [6.45, 7) is 0.577. The van der Waals surface area contributed by atoms with Crippen LogP contribution in [0.1, 0.15) is 10.7 Å². The molecule has 2 nitrogen and oxygen atoms in total. The van der Waals surface area contributed by atoms with Crippen molar-refractivity contribution < 1.29 is 4.74 Å². The Morgan fingerprint density at radius 2 is 2.24 bits per heavy atom. The summed E-state index contributed by atoms with van der Waals surface area (Å²) in [6.07, 6.45) is 0. The van der Waals surface area contributed by atoms with Gasteiger partial charge < -0.3 is 4.74 Å². The zero-order chi connectivity index (χ0) is 12.1. The van der Waals surface area contributed by atoms with Crippen LogP contribution >= 0.6 is 34.7 Å². The van der Waals surface area contributed by atoms with E-state index < -0.39 is 0 Å².